The standard InChI is InChI=1S/C16H22N4O2/c1-12(10-14-7-5-9-22-14)19-16(21)18-11-13-6-4-8-17-15(13)20(2)3/h4-9,12H,10-11H2,1-3H3,(H2,18,19,21)/t12-/m0/s1. The van der Waals surface area contributed by atoms with Crippen LogP contribution in [0.4, 0.5) is 10.6 Å². The molecule has 0 aliphatic carbocycles. The van der Waals surface area contributed by atoms with Crippen LogP contribution in [0.1, 0.15) is 18.2 Å². The number of nitrogens with zero attached hydrogens (tertiary/aromatic N) is 2. The van der Waals surface area contributed by atoms with Crippen LogP contribution in [0.15, 0.2) is 41.1 Å². The van der Waals surface area contributed by atoms with Crippen molar-refractivity contribution in [3.8, 4) is 0 Å². The Hall–Kier alpha value is -2.50. The maximum absolute atomic E-state index is 11.9. The SMILES string of the molecule is C[C@@H](Cc1ccco1)NC(=O)NCc1cccnc1N(C)C. The summed E-state index contributed by atoms with van der Waals surface area (Å²) in [6.45, 7) is 2.37. The molecule has 1 atom stereocenters. The molecule has 0 aromatic carbocycles. The Morgan fingerprint density at radius 3 is 2.86 bits per heavy atom. The smallest absolute Gasteiger partial charge is 0.315 e. The van der Waals surface area contributed by atoms with Crippen LogP contribution in [0.3, 0.4) is 0 Å². The average Bonchev–Trinajstić information content (AvgIpc) is 2.98. The van der Waals surface area contributed by atoms with E-state index in [2.05, 4.69) is 15.6 Å². The molecule has 0 unspecified atom stereocenters. The molecule has 0 saturated carbocycles. The molecule has 2 aromatic heterocycles. The highest BCUT2D eigenvalue weighted by atomic mass is 16.3. The summed E-state index contributed by atoms with van der Waals surface area (Å²) in [5.74, 6) is 1.71. The molecule has 0 bridgehead atoms. The van der Waals surface area contributed by atoms with E-state index in [1.54, 1.807) is 12.5 Å². The molecule has 0 fully saturated rings. The van der Waals surface area contributed by atoms with Gasteiger partial charge >= 0.3 is 6.03 Å². The van der Waals surface area contributed by atoms with Gasteiger partial charge in [0.2, 0.25) is 0 Å². The highest BCUT2D eigenvalue weighted by Crippen LogP contribution is 2.13. The van der Waals surface area contributed by atoms with E-state index in [9.17, 15) is 4.79 Å². The zero-order chi connectivity index (χ0) is 15.9. The zero-order valence-electron chi connectivity index (χ0n) is 13.2. The van der Waals surface area contributed by atoms with Gasteiger partial charge < -0.3 is 20.0 Å². The lowest BCUT2D eigenvalue weighted by Crippen LogP contribution is -2.41. The minimum absolute atomic E-state index is 0.00614. The number of hydrogen-bond acceptors (Lipinski definition) is 4. The van der Waals surface area contributed by atoms with Crippen molar-refractivity contribution < 1.29 is 9.21 Å². The molecule has 0 spiro atoms. The van der Waals surface area contributed by atoms with Crippen molar-refractivity contribution >= 4 is 11.8 Å². The number of aromatic nitrogens is 1. The van der Waals surface area contributed by atoms with E-state index >= 15 is 0 Å². The van der Waals surface area contributed by atoms with Gasteiger partial charge in [0, 0.05) is 44.9 Å². The molecule has 0 saturated heterocycles. The second-order valence-corrected chi connectivity index (χ2v) is 5.39. The topological polar surface area (TPSA) is 70.4 Å². The highest BCUT2D eigenvalue weighted by Gasteiger charge is 2.11. The molecule has 2 heterocycles. The molecule has 22 heavy (non-hydrogen) atoms. The third-order valence-corrected chi connectivity index (χ3v) is 3.20. The Bertz CT molecular complexity index is 596. The molecule has 0 aliphatic heterocycles. The number of pyridine rings is 1. The van der Waals surface area contributed by atoms with Crippen molar-refractivity contribution in [2.45, 2.75) is 25.9 Å². The van der Waals surface area contributed by atoms with Crippen molar-refractivity contribution in [1.29, 1.82) is 0 Å². The predicted octanol–water partition coefficient (Wildman–Crippen LogP) is 2.17. The fourth-order valence-electron chi connectivity index (χ4n) is 2.20. The van der Waals surface area contributed by atoms with Crippen LogP contribution in [-0.2, 0) is 13.0 Å². The second-order valence-electron chi connectivity index (χ2n) is 5.39. The van der Waals surface area contributed by atoms with E-state index in [0.29, 0.717) is 13.0 Å². The maximum atomic E-state index is 11.9. The van der Waals surface area contributed by atoms with Gasteiger partial charge in [0.25, 0.3) is 0 Å². The number of urea groups is 1. The molecule has 2 rings (SSSR count). The van der Waals surface area contributed by atoms with Crippen molar-refractivity contribution in [2.24, 2.45) is 0 Å². The summed E-state index contributed by atoms with van der Waals surface area (Å²) >= 11 is 0. The lowest BCUT2D eigenvalue weighted by molar-refractivity contribution is 0.237. The summed E-state index contributed by atoms with van der Waals surface area (Å²) in [7, 11) is 3.86. The van der Waals surface area contributed by atoms with Gasteiger partial charge in [-0.1, -0.05) is 6.07 Å². The number of anilines is 1. The van der Waals surface area contributed by atoms with Crippen LogP contribution in [0, 0.1) is 0 Å². The summed E-state index contributed by atoms with van der Waals surface area (Å²) < 4.78 is 5.27. The van der Waals surface area contributed by atoms with Crippen molar-refractivity contribution in [3.05, 3.63) is 48.0 Å². The molecular weight excluding hydrogens is 280 g/mol. The van der Waals surface area contributed by atoms with Crippen LogP contribution in [0.25, 0.3) is 0 Å². The summed E-state index contributed by atoms with van der Waals surface area (Å²) in [4.78, 5) is 18.2. The van der Waals surface area contributed by atoms with Crippen LogP contribution in [-0.4, -0.2) is 31.2 Å². The Balaban J connectivity index is 1.83. The number of amides is 2. The number of rotatable bonds is 6. The van der Waals surface area contributed by atoms with Gasteiger partial charge in [0.1, 0.15) is 11.6 Å². The average molecular weight is 302 g/mol. The molecule has 118 valence electrons. The molecule has 2 aromatic rings. The van der Waals surface area contributed by atoms with E-state index in [1.165, 1.54) is 0 Å². The number of carbonyl (C=O) groups excluding carboxylic acids is 1. The lowest BCUT2D eigenvalue weighted by atomic mass is 10.2. The molecule has 0 radical (unpaired) electrons. The van der Waals surface area contributed by atoms with Gasteiger partial charge in [0.05, 0.1) is 6.26 Å². The Kier molecular flexibility index (Phi) is 5.41. The molecular formula is C16H22N4O2. The van der Waals surface area contributed by atoms with Gasteiger partial charge in [0.15, 0.2) is 0 Å². The quantitative estimate of drug-likeness (QED) is 0.858. The van der Waals surface area contributed by atoms with Crippen molar-refractivity contribution in [3.63, 3.8) is 0 Å². The third kappa shape index (κ3) is 4.51. The van der Waals surface area contributed by atoms with Crippen molar-refractivity contribution in [2.75, 3.05) is 19.0 Å². The fraction of sp³-hybridized carbons (Fsp3) is 0.375. The highest BCUT2D eigenvalue weighted by molar-refractivity contribution is 5.74. The number of carbonyl (C=O) groups is 1. The largest absolute Gasteiger partial charge is 0.469 e. The third-order valence-electron chi connectivity index (χ3n) is 3.20. The fourth-order valence-corrected chi connectivity index (χ4v) is 2.20. The van der Waals surface area contributed by atoms with E-state index in [1.807, 2.05) is 50.2 Å². The van der Waals surface area contributed by atoms with E-state index in [-0.39, 0.29) is 12.1 Å². The molecule has 6 nitrogen and oxygen atoms in total. The molecule has 0 aliphatic rings. The summed E-state index contributed by atoms with van der Waals surface area (Å²) in [6.07, 6.45) is 4.04. The van der Waals surface area contributed by atoms with Gasteiger partial charge in [-0.3, -0.25) is 0 Å². The maximum Gasteiger partial charge on any atom is 0.315 e. The first-order valence-electron chi connectivity index (χ1n) is 7.24. The van der Waals surface area contributed by atoms with Crippen LogP contribution < -0.4 is 15.5 Å². The molecule has 2 amide bonds. The van der Waals surface area contributed by atoms with E-state index < -0.39 is 0 Å². The first-order valence-corrected chi connectivity index (χ1v) is 7.24. The van der Waals surface area contributed by atoms with Crippen LogP contribution >= 0.6 is 0 Å². The Labute approximate surface area is 130 Å². The van der Waals surface area contributed by atoms with Gasteiger partial charge in [-0.25, -0.2) is 9.78 Å². The minimum Gasteiger partial charge on any atom is -0.469 e. The number of hydrogen-bond donors (Lipinski definition) is 2. The van der Waals surface area contributed by atoms with Crippen LogP contribution in [0.5, 0.6) is 0 Å². The lowest BCUT2D eigenvalue weighted by Gasteiger charge is -2.17. The summed E-state index contributed by atoms with van der Waals surface area (Å²) in [5, 5.41) is 5.75. The Morgan fingerprint density at radius 2 is 2.18 bits per heavy atom. The monoisotopic (exact) mass is 302 g/mol. The Morgan fingerprint density at radius 1 is 1.36 bits per heavy atom. The summed E-state index contributed by atoms with van der Waals surface area (Å²) in [5.41, 5.74) is 0.973. The first kappa shape index (κ1) is 15.9. The molecule has 2 N–H and O–H groups in total. The number of nitrogens with one attached hydrogen (secondary N) is 2. The molecule has 6 heteroatoms. The normalized spacial score (nSPS) is 11.8. The van der Waals surface area contributed by atoms with E-state index in [4.69, 9.17) is 4.42 Å². The summed E-state index contributed by atoms with van der Waals surface area (Å²) in [6, 6.07) is 7.35. The first-order chi connectivity index (χ1) is 10.6. The zero-order valence-corrected chi connectivity index (χ0v) is 13.2. The second kappa shape index (κ2) is 7.49. The predicted molar refractivity (Wildman–Crippen MR) is 85.8 cm³/mol. The van der Waals surface area contributed by atoms with Crippen molar-refractivity contribution in [1.82, 2.24) is 15.6 Å². The van der Waals surface area contributed by atoms with E-state index in [0.717, 1.165) is 17.1 Å². The van der Waals surface area contributed by atoms with Gasteiger partial charge in [-0.15, -0.1) is 0 Å². The minimum atomic E-state index is -0.201. The van der Waals surface area contributed by atoms with Gasteiger partial charge in [-0.05, 0) is 25.1 Å². The van der Waals surface area contributed by atoms with Crippen LogP contribution in [0.2, 0.25) is 0 Å². The van der Waals surface area contributed by atoms with Gasteiger partial charge in [-0.2, -0.15) is 0 Å². The number of furan rings is 1.